The fourth-order valence-corrected chi connectivity index (χ4v) is 4.02. The smallest absolute Gasteiger partial charge is 0.277 e. The Bertz CT molecular complexity index is 994. The van der Waals surface area contributed by atoms with Crippen LogP contribution in [0.5, 0.6) is 5.75 Å². The van der Waals surface area contributed by atoms with Crippen LogP contribution in [0.4, 0.5) is 5.69 Å². The van der Waals surface area contributed by atoms with E-state index in [1.54, 1.807) is 12.1 Å². The Morgan fingerprint density at radius 1 is 1.25 bits per heavy atom. The molecule has 8 heteroatoms. The molecule has 0 fully saturated rings. The average Bonchev–Trinajstić information content (AvgIpc) is 3.28. The predicted octanol–water partition coefficient (Wildman–Crippen LogP) is 4.37. The van der Waals surface area contributed by atoms with E-state index in [0.29, 0.717) is 21.9 Å². The van der Waals surface area contributed by atoms with Gasteiger partial charge in [0.2, 0.25) is 5.91 Å². The van der Waals surface area contributed by atoms with Crippen LogP contribution in [0, 0.1) is 0 Å². The lowest BCUT2D eigenvalue weighted by atomic mass is 10.1. The van der Waals surface area contributed by atoms with E-state index in [2.05, 4.69) is 23.2 Å². The molecule has 4 rings (SSSR count). The Morgan fingerprint density at radius 3 is 2.89 bits per heavy atom. The number of para-hydroxylation sites is 2. The summed E-state index contributed by atoms with van der Waals surface area (Å²) >= 11 is 7.28. The number of ether oxygens (including phenoxy) is 1. The predicted molar refractivity (Wildman–Crippen MR) is 108 cm³/mol. The summed E-state index contributed by atoms with van der Waals surface area (Å²) in [4.78, 5) is 14.6. The van der Waals surface area contributed by atoms with Crippen molar-refractivity contribution in [1.82, 2.24) is 10.2 Å². The van der Waals surface area contributed by atoms with E-state index in [1.165, 1.54) is 17.3 Å². The highest BCUT2D eigenvalue weighted by molar-refractivity contribution is 7.99. The number of anilines is 1. The quantitative estimate of drug-likeness (QED) is 0.557. The largest absolute Gasteiger partial charge is 0.482 e. The number of benzene rings is 2. The van der Waals surface area contributed by atoms with Crippen molar-refractivity contribution in [2.24, 2.45) is 0 Å². The molecule has 1 aromatic heterocycles. The summed E-state index contributed by atoms with van der Waals surface area (Å²) in [6, 6.07) is 15.3. The molecule has 0 saturated heterocycles. The molecule has 0 spiro atoms. The van der Waals surface area contributed by atoms with Crippen LogP contribution < -0.4 is 9.64 Å². The first kappa shape index (κ1) is 18.8. The van der Waals surface area contributed by atoms with Gasteiger partial charge < -0.3 is 14.1 Å². The lowest BCUT2D eigenvalue weighted by molar-refractivity contribution is -0.116. The molecule has 0 saturated carbocycles. The third-order valence-electron chi connectivity index (χ3n) is 4.43. The third kappa shape index (κ3) is 4.00. The van der Waals surface area contributed by atoms with E-state index >= 15 is 0 Å². The highest BCUT2D eigenvalue weighted by Gasteiger charge is 2.30. The summed E-state index contributed by atoms with van der Waals surface area (Å²) in [5.41, 5.74) is 2.19. The van der Waals surface area contributed by atoms with Crippen LogP contribution in [-0.2, 0) is 17.8 Å². The Hall–Kier alpha value is -2.51. The number of hydrogen-bond donors (Lipinski definition) is 0. The number of aromatic nitrogens is 2. The fourth-order valence-electron chi connectivity index (χ4n) is 3.19. The highest BCUT2D eigenvalue weighted by atomic mass is 35.5. The molecule has 1 aliphatic heterocycles. The second-order valence-electron chi connectivity index (χ2n) is 6.42. The van der Waals surface area contributed by atoms with Crippen molar-refractivity contribution in [3.8, 4) is 5.75 Å². The summed E-state index contributed by atoms with van der Waals surface area (Å²) < 4.78 is 11.1. The number of carbonyl (C=O) groups is 1. The maximum atomic E-state index is 12.7. The van der Waals surface area contributed by atoms with Crippen LogP contribution in [0.15, 0.2) is 58.2 Å². The van der Waals surface area contributed by atoms with E-state index in [1.807, 2.05) is 35.2 Å². The minimum Gasteiger partial charge on any atom is -0.482 e. The fraction of sp³-hybridized carbons (Fsp3) is 0.250. The first-order valence-electron chi connectivity index (χ1n) is 8.84. The van der Waals surface area contributed by atoms with Gasteiger partial charge in [-0.2, -0.15) is 0 Å². The van der Waals surface area contributed by atoms with Crippen molar-refractivity contribution >= 4 is 35.0 Å². The maximum Gasteiger partial charge on any atom is 0.277 e. The molecule has 1 atom stereocenters. The summed E-state index contributed by atoms with van der Waals surface area (Å²) in [6.45, 7) is 2.17. The number of carbonyl (C=O) groups excluding carboxylic acids is 1. The molecule has 6 nitrogen and oxygen atoms in total. The Kier molecular flexibility index (Phi) is 5.54. The Morgan fingerprint density at radius 2 is 2.04 bits per heavy atom. The minimum atomic E-state index is 0.0227. The van der Waals surface area contributed by atoms with Crippen molar-refractivity contribution < 1.29 is 13.9 Å². The van der Waals surface area contributed by atoms with Gasteiger partial charge in [-0.25, -0.2) is 0 Å². The van der Waals surface area contributed by atoms with Crippen LogP contribution in [0.2, 0.25) is 5.02 Å². The Labute approximate surface area is 171 Å². The summed E-state index contributed by atoms with van der Waals surface area (Å²) in [7, 11) is 0. The molecule has 144 valence electrons. The van der Waals surface area contributed by atoms with E-state index in [-0.39, 0.29) is 24.3 Å². The molecular weight excluding hydrogens is 398 g/mol. The second-order valence-corrected chi connectivity index (χ2v) is 7.75. The summed E-state index contributed by atoms with van der Waals surface area (Å²) in [5, 5.41) is 8.79. The van der Waals surface area contributed by atoms with Gasteiger partial charge in [-0.05, 0) is 37.1 Å². The standard InChI is InChI=1S/C20H18ClN3O3S/c1-13-10-14-6-2-4-8-16(14)24(13)19(25)12-28-20-23-22-18(27-20)11-26-17-9-5-3-7-15(17)21/h2-9,13H,10-12H2,1H3. The second kappa shape index (κ2) is 8.24. The van der Waals surface area contributed by atoms with Crippen molar-refractivity contribution in [2.75, 3.05) is 10.7 Å². The molecule has 2 aromatic carbocycles. The molecule has 0 radical (unpaired) electrons. The van der Waals surface area contributed by atoms with E-state index in [4.69, 9.17) is 20.8 Å². The monoisotopic (exact) mass is 415 g/mol. The number of nitrogens with zero attached hydrogens (tertiary/aromatic N) is 3. The summed E-state index contributed by atoms with van der Waals surface area (Å²) in [5.74, 6) is 1.13. The van der Waals surface area contributed by atoms with Crippen molar-refractivity contribution in [3.63, 3.8) is 0 Å². The molecule has 1 aliphatic rings. The van der Waals surface area contributed by atoms with Crippen molar-refractivity contribution in [2.45, 2.75) is 31.2 Å². The van der Waals surface area contributed by atoms with Gasteiger partial charge in [-0.3, -0.25) is 4.79 Å². The molecule has 1 unspecified atom stereocenters. The van der Waals surface area contributed by atoms with Gasteiger partial charge in [-0.15, -0.1) is 10.2 Å². The molecule has 3 aromatic rings. The molecular formula is C20H18ClN3O3S. The SMILES string of the molecule is CC1Cc2ccccc2N1C(=O)CSc1nnc(COc2ccccc2Cl)o1. The maximum absolute atomic E-state index is 12.7. The van der Waals surface area contributed by atoms with Gasteiger partial charge in [-0.1, -0.05) is 53.7 Å². The van der Waals surface area contributed by atoms with Gasteiger partial charge >= 0.3 is 0 Å². The van der Waals surface area contributed by atoms with E-state index < -0.39 is 0 Å². The molecule has 1 amide bonds. The molecule has 0 aliphatic carbocycles. The number of amides is 1. The van der Waals surface area contributed by atoms with E-state index in [0.717, 1.165) is 12.1 Å². The Balaban J connectivity index is 1.33. The zero-order valence-corrected chi connectivity index (χ0v) is 16.7. The van der Waals surface area contributed by atoms with Crippen molar-refractivity contribution in [3.05, 3.63) is 65.0 Å². The van der Waals surface area contributed by atoms with Crippen LogP contribution in [0.25, 0.3) is 0 Å². The number of hydrogen-bond acceptors (Lipinski definition) is 6. The van der Waals surface area contributed by atoms with Gasteiger partial charge in [0.25, 0.3) is 11.1 Å². The molecule has 0 N–H and O–H groups in total. The first-order chi connectivity index (χ1) is 13.6. The number of halogens is 1. The molecule has 2 heterocycles. The van der Waals surface area contributed by atoms with Gasteiger partial charge in [0, 0.05) is 11.7 Å². The van der Waals surface area contributed by atoms with Gasteiger partial charge in [0.1, 0.15) is 5.75 Å². The normalized spacial score (nSPS) is 15.5. The highest BCUT2D eigenvalue weighted by Crippen LogP contribution is 2.32. The van der Waals surface area contributed by atoms with Crippen LogP contribution in [0.3, 0.4) is 0 Å². The zero-order chi connectivity index (χ0) is 19.5. The zero-order valence-electron chi connectivity index (χ0n) is 15.2. The topological polar surface area (TPSA) is 68.5 Å². The van der Waals surface area contributed by atoms with Crippen LogP contribution in [-0.4, -0.2) is 27.9 Å². The number of rotatable bonds is 6. The van der Waals surface area contributed by atoms with Crippen molar-refractivity contribution in [1.29, 1.82) is 0 Å². The van der Waals surface area contributed by atoms with Crippen LogP contribution in [0.1, 0.15) is 18.4 Å². The minimum absolute atomic E-state index is 0.0227. The van der Waals surface area contributed by atoms with Crippen LogP contribution >= 0.6 is 23.4 Å². The van der Waals surface area contributed by atoms with Gasteiger partial charge in [0.15, 0.2) is 6.61 Å². The number of fused-ring (bicyclic) bond motifs is 1. The first-order valence-corrected chi connectivity index (χ1v) is 10.2. The number of thioether (sulfide) groups is 1. The van der Waals surface area contributed by atoms with E-state index in [9.17, 15) is 4.79 Å². The summed E-state index contributed by atoms with van der Waals surface area (Å²) in [6.07, 6.45) is 0.872. The average molecular weight is 416 g/mol. The lowest BCUT2D eigenvalue weighted by Gasteiger charge is -2.22. The molecule has 0 bridgehead atoms. The molecule has 28 heavy (non-hydrogen) atoms. The third-order valence-corrected chi connectivity index (χ3v) is 5.55. The van der Waals surface area contributed by atoms with Gasteiger partial charge in [0.05, 0.1) is 10.8 Å². The lowest BCUT2D eigenvalue weighted by Crippen LogP contribution is -2.36.